The van der Waals surface area contributed by atoms with Crippen LogP contribution in [0, 0.1) is 5.92 Å². The number of anilines is 1. The molecule has 0 aliphatic carbocycles. The molecule has 1 aromatic carbocycles. The van der Waals surface area contributed by atoms with E-state index in [1.54, 1.807) is 0 Å². The van der Waals surface area contributed by atoms with Crippen molar-refractivity contribution in [2.75, 3.05) is 11.9 Å². The molecule has 2 rings (SSSR count). The zero-order valence-corrected chi connectivity index (χ0v) is 12.2. The lowest BCUT2D eigenvalue weighted by Crippen LogP contribution is -2.28. The summed E-state index contributed by atoms with van der Waals surface area (Å²) >= 11 is 3.54. The molecule has 98 valence electrons. The fraction of sp³-hybridized carbons (Fsp3) is 0.500. The summed E-state index contributed by atoms with van der Waals surface area (Å²) in [4.78, 5) is 12.4. The van der Waals surface area contributed by atoms with Gasteiger partial charge in [0.2, 0.25) is 5.91 Å². The minimum absolute atomic E-state index is 0.0126. The minimum Gasteiger partial charge on any atom is -0.378 e. The van der Waals surface area contributed by atoms with Crippen molar-refractivity contribution >= 4 is 27.5 Å². The number of benzene rings is 1. The maximum absolute atomic E-state index is 12.2. The topological polar surface area (TPSA) is 38.3 Å². The zero-order valence-electron chi connectivity index (χ0n) is 10.7. The van der Waals surface area contributed by atoms with Gasteiger partial charge in [-0.15, -0.1) is 0 Å². The van der Waals surface area contributed by atoms with Gasteiger partial charge < -0.3 is 10.1 Å². The summed E-state index contributed by atoms with van der Waals surface area (Å²) in [7, 11) is 0. The normalized spacial score (nSPS) is 24.8. The predicted molar refractivity (Wildman–Crippen MR) is 75.9 cm³/mol. The molecule has 0 radical (unpaired) electrons. The van der Waals surface area contributed by atoms with Crippen LogP contribution in [0.25, 0.3) is 0 Å². The van der Waals surface area contributed by atoms with E-state index in [1.165, 1.54) is 0 Å². The highest BCUT2D eigenvalue weighted by Gasteiger charge is 2.31. The van der Waals surface area contributed by atoms with E-state index in [1.807, 2.05) is 38.1 Å². The van der Waals surface area contributed by atoms with Crippen LogP contribution in [0.1, 0.15) is 30.7 Å². The van der Waals surface area contributed by atoms with Crippen LogP contribution >= 0.6 is 15.9 Å². The fourth-order valence-electron chi connectivity index (χ4n) is 2.26. The number of alkyl halides is 1. The Morgan fingerprint density at radius 2 is 2.22 bits per heavy atom. The number of nitrogens with one attached hydrogen (secondary N) is 1. The summed E-state index contributed by atoms with van der Waals surface area (Å²) in [6.45, 7) is 4.68. The van der Waals surface area contributed by atoms with Crippen LogP contribution < -0.4 is 5.32 Å². The molecule has 1 amide bonds. The Kier molecular flexibility index (Phi) is 4.40. The summed E-state index contributed by atoms with van der Waals surface area (Å²) in [5, 5.41) is 3.02. The van der Waals surface area contributed by atoms with E-state index in [-0.39, 0.29) is 22.8 Å². The number of rotatable bonds is 3. The van der Waals surface area contributed by atoms with Crippen molar-refractivity contribution in [3.05, 3.63) is 29.8 Å². The van der Waals surface area contributed by atoms with E-state index in [2.05, 4.69) is 21.2 Å². The smallest absolute Gasteiger partial charge is 0.230 e. The Bertz CT molecular complexity index is 434. The third-order valence-corrected chi connectivity index (χ3v) is 3.85. The summed E-state index contributed by atoms with van der Waals surface area (Å²) in [6, 6.07) is 7.86. The molecule has 0 bridgehead atoms. The van der Waals surface area contributed by atoms with Crippen molar-refractivity contribution in [3.63, 3.8) is 0 Å². The van der Waals surface area contributed by atoms with Gasteiger partial charge in [-0.3, -0.25) is 4.79 Å². The summed E-state index contributed by atoms with van der Waals surface area (Å²) < 4.78 is 5.43. The third kappa shape index (κ3) is 2.93. The van der Waals surface area contributed by atoms with Gasteiger partial charge in [-0.25, -0.2) is 0 Å². The van der Waals surface area contributed by atoms with E-state index in [0.29, 0.717) is 6.61 Å². The fourth-order valence-corrected chi connectivity index (χ4v) is 2.66. The third-order valence-electron chi connectivity index (χ3n) is 3.36. The molecule has 1 fully saturated rings. The predicted octanol–water partition coefficient (Wildman–Crippen LogP) is 3.51. The maximum Gasteiger partial charge on any atom is 0.230 e. The Balaban J connectivity index is 2.11. The van der Waals surface area contributed by atoms with E-state index in [0.717, 1.165) is 17.7 Å². The van der Waals surface area contributed by atoms with Crippen molar-refractivity contribution in [2.45, 2.75) is 31.2 Å². The molecular formula is C14H18BrNO2. The second kappa shape index (κ2) is 5.85. The monoisotopic (exact) mass is 311 g/mol. The van der Waals surface area contributed by atoms with Crippen LogP contribution in [-0.4, -0.2) is 18.6 Å². The molecule has 3 unspecified atom stereocenters. The van der Waals surface area contributed by atoms with Gasteiger partial charge >= 0.3 is 0 Å². The highest BCUT2D eigenvalue weighted by Crippen LogP contribution is 2.30. The largest absolute Gasteiger partial charge is 0.378 e. The average molecular weight is 312 g/mol. The van der Waals surface area contributed by atoms with Crippen LogP contribution in [0.3, 0.4) is 0 Å². The van der Waals surface area contributed by atoms with Gasteiger partial charge in [0.05, 0.1) is 12.0 Å². The molecule has 1 aliphatic rings. The first kappa shape index (κ1) is 13.6. The van der Waals surface area contributed by atoms with Crippen LogP contribution in [0.4, 0.5) is 5.69 Å². The number of hydrogen-bond acceptors (Lipinski definition) is 2. The van der Waals surface area contributed by atoms with Gasteiger partial charge in [0.1, 0.15) is 0 Å². The van der Waals surface area contributed by atoms with Crippen molar-refractivity contribution in [1.82, 2.24) is 0 Å². The molecule has 1 aliphatic heterocycles. The van der Waals surface area contributed by atoms with Crippen molar-refractivity contribution in [3.8, 4) is 0 Å². The average Bonchev–Trinajstić information content (AvgIpc) is 2.76. The molecule has 3 nitrogen and oxygen atoms in total. The van der Waals surface area contributed by atoms with E-state index >= 15 is 0 Å². The minimum atomic E-state index is -0.0383. The number of carbonyl (C=O) groups excluding carboxylic acids is 1. The molecule has 18 heavy (non-hydrogen) atoms. The van der Waals surface area contributed by atoms with Crippen molar-refractivity contribution in [1.29, 1.82) is 0 Å². The molecule has 0 saturated carbocycles. The number of halogens is 1. The highest BCUT2D eigenvalue weighted by atomic mass is 79.9. The second-order valence-electron chi connectivity index (χ2n) is 4.66. The molecule has 3 atom stereocenters. The number of carbonyl (C=O) groups is 1. The zero-order chi connectivity index (χ0) is 13.1. The first-order valence-electron chi connectivity index (χ1n) is 6.25. The SMILES string of the molecule is CC(Br)c1ccccc1NC(=O)C1CCOC1C. The molecule has 1 saturated heterocycles. The van der Waals surface area contributed by atoms with E-state index < -0.39 is 0 Å². The number of para-hydroxylation sites is 1. The molecule has 1 aromatic rings. The standard InChI is InChI=1S/C14H18BrNO2/c1-9(15)11-5-3-4-6-13(11)16-14(17)12-7-8-18-10(12)2/h3-6,9-10,12H,7-8H2,1-2H3,(H,16,17). The molecule has 1 N–H and O–H groups in total. The van der Waals surface area contributed by atoms with E-state index in [9.17, 15) is 4.79 Å². The van der Waals surface area contributed by atoms with Gasteiger partial charge in [0, 0.05) is 17.1 Å². The lowest BCUT2D eigenvalue weighted by molar-refractivity contribution is -0.121. The summed E-state index contributed by atoms with van der Waals surface area (Å²) in [5.41, 5.74) is 1.98. The van der Waals surface area contributed by atoms with Crippen LogP contribution in [0.15, 0.2) is 24.3 Å². The van der Waals surface area contributed by atoms with Crippen LogP contribution in [-0.2, 0) is 9.53 Å². The molecule has 0 spiro atoms. The van der Waals surface area contributed by atoms with E-state index in [4.69, 9.17) is 4.74 Å². The van der Waals surface area contributed by atoms with Crippen LogP contribution in [0.2, 0.25) is 0 Å². The van der Waals surface area contributed by atoms with Crippen molar-refractivity contribution < 1.29 is 9.53 Å². The van der Waals surface area contributed by atoms with Gasteiger partial charge in [-0.05, 0) is 31.9 Å². The summed E-state index contributed by atoms with van der Waals surface area (Å²) in [6.07, 6.45) is 0.817. The first-order valence-corrected chi connectivity index (χ1v) is 7.16. The Hall–Kier alpha value is -0.870. The van der Waals surface area contributed by atoms with Gasteiger partial charge in [0.15, 0.2) is 0 Å². The second-order valence-corrected chi connectivity index (χ2v) is 6.04. The molecule has 1 heterocycles. The quantitative estimate of drug-likeness (QED) is 0.868. The Labute approximate surface area is 116 Å². The Morgan fingerprint density at radius 1 is 1.50 bits per heavy atom. The molecule has 4 heteroatoms. The van der Waals surface area contributed by atoms with Gasteiger partial charge in [-0.1, -0.05) is 34.1 Å². The lowest BCUT2D eigenvalue weighted by atomic mass is 10.0. The number of amides is 1. The highest BCUT2D eigenvalue weighted by molar-refractivity contribution is 9.09. The molecule has 0 aromatic heterocycles. The van der Waals surface area contributed by atoms with Crippen LogP contribution in [0.5, 0.6) is 0 Å². The number of hydrogen-bond donors (Lipinski definition) is 1. The Morgan fingerprint density at radius 3 is 2.83 bits per heavy atom. The van der Waals surface area contributed by atoms with Gasteiger partial charge in [0.25, 0.3) is 0 Å². The number of ether oxygens (including phenoxy) is 1. The summed E-state index contributed by atoms with van der Waals surface area (Å²) in [5.74, 6) is 0.0179. The molecular weight excluding hydrogens is 294 g/mol. The van der Waals surface area contributed by atoms with Gasteiger partial charge in [-0.2, -0.15) is 0 Å². The maximum atomic E-state index is 12.2. The lowest BCUT2D eigenvalue weighted by Gasteiger charge is -2.17. The first-order chi connectivity index (χ1) is 8.59. The van der Waals surface area contributed by atoms with Crippen molar-refractivity contribution in [2.24, 2.45) is 5.92 Å².